The Hall–Kier alpha value is -1.39. The Morgan fingerprint density at radius 3 is 2.57 bits per heavy atom. The molecule has 2 aliphatic carbocycles. The summed E-state index contributed by atoms with van der Waals surface area (Å²) in [5.74, 6) is 1.70. The van der Waals surface area contributed by atoms with Gasteiger partial charge < -0.3 is 15.0 Å². The second-order valence-electron chi connectivity index (χ2n) is 7.49. The van der Waals surface area contributed by atoms with Gasteiger partial charge in [-0.25, -0.2) is 0 Å². The molecule has 2 bridgehead atoms. The fourth-order valence-corrected chi connectivity index (χ4v) is 4.57. The lowest BCUT2D eigenvalue weighted by atomic mass is 9.95. The van der Waals surface area contributed by atoms with Gasteiger partial charge >= 0.3 is 0 Å². The van der Waals surface area contributed by atoms with Crippen LogP contribution < -0.4 is 10.2 Å². The van der Waals surface area contributed by atoms with Crippen LogP contribution in [0, 0.1) is 11.8 Å². The van der Waals surface area contributed by atoms with E-state index in [1.54, 1.807) is 4.90 Å². The third-order valence-corrected chi connectivity index (χ3v) is 5.92. The number of amides is 1. The van der Waals surface area contributed by atoms with Crippen molar-refractivity contribution in [3.05, 3.63) is 35.4 Å². The zero-order valence-electron chi connectivity index (χ0n) is 13.7. The molecule has 1 heterocycles. The minimum atomic E-state index is 0.104. The Morgan fingerprint density at radius 2 is 1.91 bits per heavy atom. The van der Waals surface area contributed by atoms with Gasteiger partial charge in [0, 0.05) is 17.2 Å². The zero-order valence-corrected chi connectivity index (χ0v) is 13.7. The number of nitrogens with one attached hydrogen (secondary N) is 2. The van der Waals surface area contributed by atoms with Gasteiger partial charge in [-0.1, -0.05) is 18.6 Å². The number of hydrogen-bond acceptors (Lipinski definition) is 2. The molecule has 1 amide bonds. The smallest absolute Gasteiger partial charge is 0.251 e. The summed E-state index contributed by atoms with van der Waals surface area (Å²) in [5, 5.41) is 3.27. The SMILES string of the molecule is O=C(NC1CC2CCC1C2)c1ccc(C[NH+]2CCOCC2)cc1. The Labute approximate surface area is 138 Å². The van der Waals surface area contributed by atoms with E-state index in [4.69, 9.17) is 4.74 Å². The quantitative estimate of drug-likeness (QED) is 0.871. The standard InChI is InChI=1S/C19H26N2O2/c22-19(20-18-12-15-3-6-17(18)11-15)16-4-1-14(2-5-16)13-21-7-9-23-10-8-21/h1-2,4-5,15,17-18H,3,6-13H2,(H,20,22)/p+1. The molecule has 0 aromatic heterocycles. The summed E-state index contributed by atoms with van der Waals surface area (Å²) < 4.78 is 5.40. The first-order valence-corrected chi connectivity index (χ1v) is 9.09. The van der Waals surface area contributed by atoms with Crippen molar-refractivity contribution in [2.24, 2.45) is 11.8 Å². The van der Waals surface area contributed by atoms with E-state index >= 15 is 0 Å². The van der Waals surface area contributed by atoms with Crippen LogP contribution in [0.25, 0.3) is 0 Å². The summed E-state index contributed by atoms with van der Waals surface area (Å²) in [6, 6.07) is 8.60. The fraction of sp³-hybridized carbons (Fsp3) is 0.632. The fourth-order valence-electron chi connectivity index (χ4n) is 4.57. The van der Waals surface area contributed by atoms with Crippen LogP contribution in [0.4, 0.5) is 0 Å². The number of hydrogen-bond donors (Lipinski definition) is 2. The van der Waals surface area contributed by atoms with Gasteiger partial charge in [-0.15, -0.1) is 0 Å². The van der Waals surface area contributed by atoms with Crippen molar-refractivity contribution in [3.63, 3.8) is 0 Å². The van der Waals surface area contributed by atoms with Crippen molar-refractivity contribution in [3.8, 4) is 0 Å². The van der Waals surface area contributed by atoms with Gasteiger partial charge in [0.1, 0.15) is 19.6 Å². The summed E-state index contributed by atoms with van der Waals surface area (Å²) in [5.41, 5.74) is 2.10. The van der Waals surface area contributed by atoms with Crippen molar-refractivity contribution < 1.29 is 14.4 Å². The predicted octanol–water partition coefficient (Wildman–Crippen LogP) is 1.02. The number of morpholine rings is 1. The number of benzene rings is 1. The van der Waals surface area contributed by atoms with Crippen LogP contribution in [0.3, 0.4) is 0 Å². The van der Waals surface area contributed by atoms with Crippen molar-refractivity contribution in [2.45, 2.75) is 38.3 Å². The summed E-state index contributed by atoms with van der Waals surface area (Å²) >= 11 is 0. The minimum Gasteiger partial charge on any atom is -0.370 e. The van der Waals surface area contributed by atoms with Crippen LogP contribution in [-0.2, 0) is 11.3 Å². The maximum Gasteiger partial charge on any atom is 0.251 e. The van der Waals surface area contributed by atoms with Crippen molar-refractivity contribution in [2.75, 3.05) is 26.3 Å². The molecule has 2 saturated carbocycles. The molecule has 1 saturated heterocycles. The highest BCUT2D eigenvalue weighted by molar-refractivity contribution is 5.94. The highest BCUT2D eigenvalue weighted by atomic mass is 16.5. The van der Waals surface area contributed by atoms with Gasteiger partial charge in [-0.05, 0) is 43.2 Å². The van der Waals surface area contributed by atoms with Crippen LogP contribution in [0.15, 0.2) is 24.3 Å². The molecule has 3 fully saturated rings. The van der Waals surface area contributed by atoms with Gasteiger partial charge in [0.05, 0.1) is 13.2 Å². The number of carbonyl (C=O) groups is 1. The van der Waals surface area contributed by atoms with Gasteiger partial charge in [-0.3, -0.25) is 4.79 Å². The summed E-state index contributed by atoms with van der Waals surface area (Å²) in [4.78, 5) is 14.0. The van der Waals surface area contributed by atoms with Gasteiger partial charge in [0.2, 0.25) is 0 Å². The number of ether oxygens (including phenoxy) is 1. The Balaban J connectivity index is 1.33. The lowest BCUT2D eigenvalue weighted by Gasteiger charge is -2.24. The van der Waals surface area contributed by atoms with E-state index in [2.05, 4.69) is 17.4 Å². The van der Waals surface area contributed by atoms with Crippen molar-refractivity contribution >= 4 is 5.91 Å². The molecule has 124 valence electrons. The first kappa shape index (κ1) is 15.2. The van der Waals surface area contributed by atoms with Gasteiger partial charge in [0.25, 0.3) is 5.91 Å². The van der Waals surface area contributed by atoms with E-state index < -0.39 is 0 Å². The monoisotopic (exact) mass is 315 g/mol. The number of rotatable bonds is 4. The molecule has 4 heteroatoms. The molecule has 0 radical (unpaired) electrons. The molecule has 3 atom stereocenters. The van der Waals surface area contributed by atoms with E-state index in [0.29, 0.717) is 6.04 Å². The summed E-state index contributed by atoms with van der Waals surface area (Å²) in [6.45, 7) is 4.90. The lowest BCUT2D eigenvalue weighted by Crippen LogP contribution is -3.12. The van der Waals surface area contributed by atoms with E-state index in [0.717, 1.165) is 50.2 Å². The predicted molar refractivity (Wildman–Crippen MR) is 88.4 cm³/mol. The van der Waals surface area contributed by atoms with Gasteiger partial charge in [-0.2, -0.15) is 0 Å². The second kappa shape index (κ2) is 6.62. The molecule has 1 aromatic rings. The third kappa shape index (κ3) is 3.43. The Bertz CT molecular complexity index is 551. The second-order valence-corrected chi connectivity index (χ2v) is 7.49. The lowest BCUT2D eigenvalue weighted by molar-refractivity contribution is -0.921. The average molecular weight is 315 g/mol. The Morgan fingerprint density at radius 1 is 1.13 bits per heavy atom. The van der Waals surface area contributed by atoms with Gasteiger partial charge in [0.15, 0.2) is 0 Å². The van der Waals surface area contributed by atoms with Crippen LogP contribution in [0.1, 0.15) is 41.6 Å². The molecule has 3 aliphatic rings. The maximum atomic E-state index is 12.4. The molecule has 23 heavy (non-hydrogen) atoms. The first-order valence-electron chi connectivity index (χ1n) is 9.09. The number of fused-ring (bicyclic) bond motifs is 2. The topological polar surface area (TPSA) is 42.8 Å². The largest absolute Gasteiger partial charge is 0.370 e. The molecule has 1 aliphatic heterocycles. The van der Waals surface area contributed by atoms with Crippen molar-refractivity contribution in [1.29, 1.82) is 0 Å². The van der Waals surface area contributed by atoms with E-state index in [9.17, 15) is 4.79 Å². The van der Waals surface area contributed by atoms with E-state index in [-0.39, 0.29) is 5.91 Å². The Kier molecular flexibility index (Phi) is 4.36. The third-order valence-electron chi connectivity index (χ3n) is 5.92. The van der Waals surface area contributed by atoms with Crippen LogP contribution >= 0.6 is 0 Å². The van der Waals surface area contributed by atoms with Crippen LogP contribution in [0.2, 0.25) is 0 Å². The number of carbonyl (C=O) groups excluding carboxylic acids is 1. The average Bonchev–Trinajstić information content (AvgIpc) is 3.19. The molecule has 3 unspecified atom stereocenters. The first-order chi connectivity index (χ1) is 11.3. The van der Waals surface area contributed by atoms with E-state index in [1.165, 1.54) is 31.2 Å². The normalized spacial score (nSPS) is 30.5. The minimum absolute atomic E-state index is 0.104. The molecule has 4 rings (SSSR count). The molecular formula is C19H27N2O2+. The maximum absolute atomic E-state index is 12.4. The highest BCUT2D eigenvalue weighted by Crippen LogP contribution is 2.44. The molecule has 1 aromatic carbocycles. The zero-order chi connectivity index (χ0) is 15.6. The van der Waals surface area contributed by atoms with E-state index in [1.807, 2.05) is 12.1 Å². The highest BCUT2D eigenvalue weighted by Gasteiger charge is 2.40. The molecule has 2 N–H and O–H groups in total. The van der Waals surface area contributed by atoms with Crippen LogP contribution in [0.5, 0.6) is 0 Å². The van der Waals surface area contributed by atoms with Crippen LogP contribution in [-0.4, -0.2) is 38.3 Å². The van der Waals surface area contributed by atoms with Crippen molar-refractivity contribution in [1.82, 2.24) is 5.32 Å². The number of quaternary nitrogens is 1. The molecule has 0 spiro atoms. The molecular weight excluding hydrogens is 288 g/mol. The molecule has 4 nitrogen and oxygen atoms in total. The summed E-state index contributed by atoms with van der Waals surface area (Å²) in [7, 11) is 0. The summed E-state index contributed by atoms with van der Waals surface area (Å²) in [6.07, 6.45) is 5.19.